The van der Waals surface area contributed by atoms with E-state index < -0.39 is 54.4 Å². The molecule has 10 heteroatoms. The molecule has 0 radical (unpaired) electrons. The molecule has 1 saturated heterocycles. The summed E-state index contributed by atoms with van der Waals surface area (Å²) in [6.45, 7) is 4.36. The van der Waals surface area contributed by atoms with Gasteiger partial charge >= 0.3 is 23.9 Å². The molecule has 1 fully saturated rings. The highest BCUT2D eigenvalue weighted by Gasteiger charge is 2.51. The zero-order valence-electron chi connectivity index (χ0n) is 15.7. The number of esters is 4. The average molecular weight is 388 g/mol. The third-order valence-corrected chi connectivity index (χ3v) is 3.66. The van der Waals surface area contributed by atoms with Crippen molar-refractivity contribution in [2.24, 2.45) is 0 Å². The van der Waals surface area contributed by atoms with Crippen LogP contribution in [0.4, 0.5) is 0 Å². The van der Waals surface area contributed by atoms with Gasteiger partial charge in [0.15, 0.2) is 18.3 Å². The Balaban J connectivity index is 3.24. The van der Waals surface area contributed by atoms with Crippen molar-refractivity contribution in [2.45, 2.75) is 71.1 Å². The maximum atomic E-state index is 11.6. The average Bonchev–Trinajstić information content (AvgIpc) is 2.54. The van der Waals surface area contributed by atoms with Gasteiger partial charge in [-0.05, 0) is 6.42 Å². The summed E-state index contributed by atoms with van der Waals surface area (Å²) in [6.07, 6.45) is -4.39. The fourth-order valence-corrected chi connectivity index (χ4v) is 2.78. The van der Waals surface area contributed by atoms with Crippen LogP contribution in [0.2, 0.25) is 0 Å². The van der Waals surface area contributed by atoms with Gasteiger partial charge in [0.05, 0.1) is 6.10 Å². The molecular formula is C17H24O10. The molecule has 0 aromatic carbocycles. The lowest BCUT2D eigenvalue weighted by Gasteiger charge is -2.44. The normalized spacial score (nSPS) is 27.2. The summed E-state index contributed by atoms with van der Waals surface area (Å²) in [6, 6.07) is 0. The largest absolute Gasteiger partial charge is 0.463 e. The van der Waals surface area contributed by atoms with E-state index in [1.54, 1.807) is 0 Å². The van der Waals surface area contributed by atoms with Gasteiger partial charge in [0.25, 0.3) is 0 Å². The van der Waals surface area contributed by atoms with Crippen LogP contribution < -0.4 is 0 Å². The van der Waals surface area contributed by atoms with Crippen molar-refractivity contribution in [3.63, 3.8) is 0 Å². The van der Waals surface area contributed by atoms with E-state index in [-0.39, 0.29) is 19.4 Å². The molecule has 10 nitrogen and oxygen atoms in total. The summed E-state index contributed by atoms with van der Waals surface area (Å²) in [7, 11) is 0. The van der Waals surface area contributed by atoms with E-state index in [1.807, 2.05) is 0 Å². The molecule has 0 aromatic heterocycles. The highest BCUT2D eigenvalue weighted by Crippen LogP contribution is 2.31. The van der Waals surface area contributed by atoms with Gasteiger partial charge in [0.1, 0.15) is 19.0 Å². The number of aldehydes is 1. The maximum Gasteiger partial charge on any atom is 0.303 e. The number of rotatable bonds is 8. The fourth-order valence-electron chi connectivity index (χ4n) is 2.78. The first kappa shape index (κ1) is 22.6. The van der Waals surface area contributed by atoms with E-state index in [9.17, 15) is 24.0 Å². The highest BCUT2D eigenvalue weighted by molar-refractivity contribution is 5.68. The first-order valence-electron chi connectivity index (χ1n) is 8.39. The second-order valence-corrected chi connectivity index (χ2v) is 5.98. The standard InChI is InChI=1S/C17H24O10/c1-9(19)23-8-14-16(25-11(3)21)17(26-12(4)22)15(24-10(2)20)13(27-14)6-5-7-18/h7,13-17H,5-6,8H2,1-4H3/t13-,14?,15?,16-,17+/m0/s1. The Hall–Kier alpha value is -2.49. The Morgan fingerprint density at radius 3 is 1.70 bits per heavy atom. The monoisotopic (exact) mass is 388 g/mol. The summed E-state index contributed by atoms with van der Waals surface area (Å²) < 4.78 is 26.5. The molecule has 5 atom stereocenters. The van der Waals surface area contributed by atoms with E-state index in [1.165, 1.54) is 6.92 Å². The number of carbonyl (C=O) groups is 5. The van der Waals surface area contributed by atoms with Crippen LogP contribution in [0.15, 0.2) is 0 Å². The van der Waals surface area contributed by atoms with Crippen molar-refractivity contribution in [1.29, 1.82) is 0 Å². The van der Waals surface area contributed by atoms with E-state index in [0.717, 1.165) is 20.8 Å². The first-order valence-corrected chi connectivity index (χ1v) is 8.39. The predicted octanol–water partition coefficient (Wildman–Crippen LogP) is 0.0911. The van der Waals surface area contributed by atoms with Gasteiger partial charge in [0, 0.05) is 34.1 Å². The van der Waals surface area contributed by atoms with Crippen molar-refractivity contribution in [1.82, 2.24) is 0 Å². The Morgan fingerprint density at radius 1 is 0.778 bits per heavy atom. The quantitative estimate of drug-likeness (QED) is 0.320. The van der Waals surface area contributed by atoms with Crippen LogP contribution in [-0.4, -0.2) is 67.3 Å². The molecule has 152 valence electrons. The van der Waals surface area contributed by atoms with E-state index >= 15 is 0 Å². The van der Waals surface area contributed by atoms with Crippen LogP contribution >= 0.6 is 0 Å². The number of hydrogen-bond acceptors (Lipinski definition) is 10. The predicted molar refractivity (Wildman–Crippen MR) is 87.3 cm³/mol. The molecule has 1 aliphatic heterocycles. The minimum Gasteiger partial charge on any atom is -0.463 e. The number of hydrogen-bond donors (Lipinski definition) is 0. The molecule has 0 bridgehead atoms. The van der Waals surface area contributed by atoms with E-state index in [0.29, 0.717) is 6.29 Å². The van der Waals surface area contributed by atoms with Gasteiger partial charge in [-0.25, -0.2) is 0 Å². The molecule has 0 aromatic rings. The molecule has 1 aliphatic rings. The van der Waals surface area contributed by atoms with Crippen LogP contribution in [0, 0.1) is 0 Å². The third-order valence-electron chi connectivity index (χ3n) is 3.66. The Bertz CT molecular complexity index is 572. The molecule has 0 aliphatic carbocycles. The lowest BCUT2D eigenvalue weighted by Crippen LogP contribution is -2.62. The van der Waals surface area contributed by atoms with Crippen LogP contribution in [0.1, 0.15) is 40.5 Å². The van der Waals surface area contributed by atoms with Gasteiger partial charge in [-0.1, -0.05) is 0 Å². The maximum absolute atomic E-state index is 11.6. The number of carbonyl (C=O) groups excluding carboxylic acids is 5. The van der Waals surface area contributed by atoms with E-state index in [2.05, 4.69) is 0 Å². The topological polar surface area (TPSA) is 132 Å². The summed E-state index contributed by atoms with van der Waals surface area (Å²) in [5.41, 5.74) is 0. The van der Waals surface area contributed by atoms with E-state index in [4.69, 9.17) is 23.7 Å². The van der Waals surface area contributed by atoms with Crippen molar-refractivity contribution in [2.75, 3.05) is 6.61 Å². The third kappa shape index (κ3) is 7.33. The van der Waals surface area contributed by atoms with Crippen molar-refractivity contribution in [3.05, 3.63) is 0 Å². The molecule has 0 spiro atoms. The fraction of sp³-hybridized carbons (Fsp3) is 0.706. The van der Waals surface area contributed by atoms with Gasteiger partial charge in [-0.3, -0.25) is 19.2 Å². The van der Waals surface area contributed by atoms with Crippen LogP contribution in [0.3, 0.4) is 0 Å². The van der Waals surface area contributed by atoms with Crippen LogP contribution in [0.5, 0.6) is 0 Å². The van der Waals surface area contributed by atoms with Crippen molar-refractivity contribution >= 4 is 30.2 Å². The van der Waals surface area contributed by atoms with Crippen LogP contribution in [0.25, 0.3) is 0 Å². The van der Waals surface area contributed by atoms with Crippen molar-refractivity contribution in [3.8, 4) is 0 Å². The minimum atomic E-state index is -1.19. The summed E-state index contributed by atoms with van der Waals surface area (Å²) in [5, 5.41) is 0. The minimum absolute atomic E-state index is 0.0910. The van der Waals surface area contributed by atoms with Crippen LogP contribution in [-0.2, 0) is 47.7 Å². The van der Waals surface area contributed by atoms with Gasteiger partial charge in [-0.15, -0.1) is 0 Å². The Labute approximate surface area is 156 Å². The van der Waals surface area contributed by atoms with Crippen molar-refractivity contribution < 1.29 is 47.7 Å². The lowest BCUT2D eigenvalue weighted by atomic mass is 9.92. The highest BCUT2D eigenvalue weighted by atomic mass is 16.7. The molecule has 0 amide bonds. The van der Waals surface area contributed by atoms with Gasteiger partial charge < -0.3 is 28.5 Å². The molecule has 0 N–H and O–H groups in total. The zero-order chi connectivity index (χ0) is 20.6. The summed E-state index contributed by atoms with van der Waals surface area (Å²) in [4.78, 5) is 56.5. The summed E-state index contributed by atoms with van der Waals surface area (Å²) >= 11 is 0. The molecule has 27 heavy (non-hydrogen) atoms. The van der Waals surface area contributed by atoms with Gasteiger partial charge in [0.2, 0.25) is 0 Å². The lowest BCUT2D eigenvalue weighted by molar-refractivity contribution is -0.253. The zero-order valence-corrected chi connectivity index (χ0v) is 15.7. The second kappa shape index (κ2) is 10.6. The molecule has 2 unspecified atom stereocenters. The molecule has 0 saturated carbocycles. The first-order chi connectivity index (χ1) is 12.6. The molecular weight excluding hydrogens is 364 g/mol. The SMILES string of the molecule is CC(=O)OCC1O[C@@H](CCC=O)C(OC(C)=O)[C@@H](OC(C)=O)[C@H]1OC(C)=O. The summed E-state index contributed by atoms with van der Waals surface area (Å²) in [5.74, 6) is -2.65. The van der Waals surface area contributed by atoms with Gasteiger partial charge in [-0.2, -0.15) is 0 Å². The molecule has 1 heterocycles. The smallest absolute Gasteiger partial charge is 0.303 e. The second-order valence-electron chi connectivity index (χ2n) is 5.98. The number of ether oxygens (including phenoxy) is 5. The Kier molecular flexibility index (Phi) is 8.86. The Morgan fingerprint density at radius 2 is 1.26 bits per heavy atom. The molecule has 1 rings (SSSR count).